The van der Waals surface area contributed by atoms with E-state index in [4.69, 9.17) is 0 Å². The second-order valence-corrected chi connectivity index (χ2v) is 6.51. The molecule has 1 aliphatic rings. The Labute approximate surface area is 87.9 Å². The predicted molar refractivity (Wildman–Crippen MR) is 56.8 cm³/mol. The number of aliphatic imine (C=N–C) groups is 1. The topological polar surface area (TPSA) is 46.5 Å². The van der Waals surface area contributed by atoms with Gasteiger partial charge in [0.2, 0.25) is 9.84 Å². The lowest BCUT2D eigenvalue weighted by Gasteiger charge is -1.96. The van der Waals surface area contributed by atoms with Gasteiger partial charge in [-0.3, -0.25) is 0 Å². The zero-order valence-corrected chi connectivity index (χ0v) is 9.49. The lowest BCUT2D eigenvalue weighted by molar-refractivity contribution is 0.615. The maximum Gasteiger partial charge on any atom is 0.233 e. The molecule has 68 valence electrons. The summed E-state index contributed by atoms with van der Waals surface area (Å²) >= 11 is 4.31. The molecule has 13 heavy (non-hydrogen) atoms. The van der Waals surface area contributed by atoms with Crippen molar-refractivity contribution in [2.45, 2.75) is 0 Å². The van der Waals surface area contributed by atoms with Gasteiger partial charge in [-0.15, -0.1) is 11.3 Å². The number of rotatable bonds is 1. The molecule has 0 saturated carbocycles. The van der Waals surface area contributed by atoms with Crippen molar-refractivity contribution >= 4 is 42.1 Å². The number of hydrogen-bond acceptors (Lipinski definition) is 4. The minimum absolute atomic E-state index is 0.128. The van der Waals surface area contributed by atoms with E-state index in [1.54, 1.807) is 12.1 Å². The Kier molecular flexibility index (Phi) is 2.13. The van der Waals surface area contributed by atoms with Crippen LogP contribution in [0, 0.1) is 0 Å². The minimum atomic E-state index is -3.35. The largest absolute Gasteiger partial charge is 0.241 e. The van der Waals surface area contributed by atoms with Crippen LogP contribution in [0.5, 0.6) is 0 Å². The maximum atomic E-state index is 11.6. The lowest BCUT2D eigenvalue weighted by Crippen LogP contribution is -2.10. The van der Waals surface area contributed by atoms with E-state index in [-0.39, 0.29) is 8.86 Å². The van der Waals surface area contributed by atoms with Crippen molar-refractivity contribution in [3.05, 3.63) is 32.4 Å². The Bertz CT molecular complexity index is 485. The van der Waals surface area contributed by atoms with Crippen LogP contribution in [0.2, 0.25) is 0 Å². The molecular weight excluding hydrogens is 274 g/mol. The second-order valence-electron chi connectivity index (χ2n) is 2.35. The van der Waals surface area contributed by atoms with E-state index in [0.717, 1.165) is 0 Å². The van der Waals surface area contributed by atoms with Gasteiger partial charge in [0.25, 0.3) is 0 Å². The molecule has 0 bridgehead atoms. The van der Waals surface area contributed by atoms with E-state index >= 15 is 0 Å². The Balaban J connectivity index is 2.54. The van der Waals surface area contributed by atoms with Crippen LogP contribution in [-0.4, -0.2) is 13.5 Å². The van der Waals surface area contributed by atoms with E-state index in [0.29, 0.717) is 4.88 Å². The number of nitrogens with zero attached hydrogens (tertiary/aromatic N) is 1. The molecule has 3 nitrogen and oxygen atoms in total. The van der Waals surface area contributed by atoms with Crippen molar-refractivity contribution < 1.29 is 8.42 Å². The molecule has 0 unspecified atom stereocenters. The summed E-state index contributed by atoms with van der Waals surface area (Å²) in [5, 5.41) is 1.95. The van der Waals surface area contributed by atoms with Gasteiger partial charge in [-0.1, -0.05) is 6.07 Å². The number of hydrogen-bond donors (Lipinski definition) is 0. The van der Waals surface area contributed by atoms with Crippen molar-refractivity contribution in [1.82, 2.24) is 0 Å². The zero-order valence-electron chi connectivity index (χ0n) is 6.27. The first-order valence-electron chi connectivity index (χ1n) is 3.35. The Hall–Kier alpha value is -0.460. The third-order valence-corrected chi connectivity index (χ3v) is 5.47. The maximum absolute atomic E-state index is 11.6. The van der Waals surface area contributed by atoms with Crippen LogP contribution < -0.4 is 0 Å². The van der Waals surface area contributed by atoms with E-state index in [1.165, 1.54) is 17.5 Å². The summed E-state index contributed by atoms with van der Waals surface area (Å²) in [6.45, 7) is 0. The number of halogens is 1. The molecular formula is C7H4BrNO2S2. The molecule has 0 spiro atoms. The number of thiophene rings is 1. The fourth-order valence-corrected chi connectivity index (χ4v) is 3.49. The highest BCUT2D eigenvalue weighted by Crippen LogP contribution is 2.27. The molecule has 0 amide bonds. The Morgan fingerprint density at radius 3 is 2.69 bits per heavy atom. The molecule has 6 heteroatoms. The van der Waals surface area contributed by atoms with Gasteiger partial charge in [0.15, 0.2) is 5.04 Å². The van der Waals surface area contributed by atoms with Gasteiger partial charge in [-0.05, 0) is 27.4 Å². The molecule has 0 aliphatic carbocycles. The normalized spacial score (nSPS) is 19.8. The van der Waals surface area contributed by atoms with Crippen molar-refractivity contribution in [2.75, 3.05) is 0 Å². The molecule has 1 aromatic heterocycles. The van der Waals surface area contributed by atoms with Gasteiger partial charge in [0.1, 0.15) is 3.81 Å². The fourth-order valence-electron chi connectivity index (χ4n) is 0.937. The molecule has 0 N–H and O–H groups in total. The van der Waals surface area contributed by atoms with Crippen LogP contribution in [0.3, 0.4) is 0 Å². The Morgan fingerprint density at radius 1 is 1.46 bits per heavy atom. The molecule has 0 saturated heterocycles. The third-order valence-electron chi connectivity index (χ3n) is 1.53. The molecule has 2 heterocycles. The molecule has 0 aromatic carbocycles. The quantitative estimate of drug-likeness (QED) is 0.790. The number of sulfone groups is 1. The lowest BCUT2D eigenvalue weighted by atomic mass is 10.5. The summed E-state index contributed by atoms with van der Waals surface area (Å²) in [5.74, 6) is 0. The fraction of sp³-hybridized carbons (Fsp3) is 0. The van der Waals surface area contributed by atoms with Gasteiger partial charge >= 0.3 is 0 Å². The Morgan fingerprint density at radius 2 is 2.23 bits per heavy atom. The van der Waals surface area contributed by atoms with E-state index in [9.17, 15) is 8.42 Å². The second kappa shape index (κ2) is 3.04. The van der Waals surface area contributed by atoms with Crippen LogP contribution in [0.25, 0.3) is 0 Å². The van der Waals surface area contributed by atoms with Crippen molar-refractivity contribution in [1.29, 1.82) is 0 Å². The summed E-state index contributed by atoms with van der Waals surface area (Å²) in [7, 11) is -3.35. The third kappa shape index (κ3) is 1.38. The van der Waals surface area contributed by atoms with Gasteiger partial charge in [-0.2, -0.15) is 0 Å². The molecule has 2 rings (SSSR count). The van der Waals surface area contributed by atoms with Crippen LogP contribution in [-0.2, 0) is 9.84 Å². The summed E-state index contributed by atoms with van der Waals surface area (Å²) in [6, 6.07) is 3.53. The highest BCUT2D eigenvalue weighted by atomic mass is 79.9. The molecule has 0 atom stereocenters. The highest BCUT2D eigenvalue weighted by Gasteiger charge is 2.29. The molecule has 1 aliphatic heterocycles. The van der Waals surface area contributed by atoms with Gasteiger partial charge in [0, 0.05) is 0 Å². The predicted octanol–water partition coefficient (Wildman–Crippen LogP) is 2.12. The molecule has 0 radical (unpaired) electrons. The van der Waals surface area contributed by atoms with Crippen LogP contribution >= 0.6 is 27.3 Å². The average Bonchev–Trinajstić information content (AvgIpc) is 2.62. The monoisotopic (exact) mass is 277 g/mol. The average molecular weight is 278 g/mol. The summed E-state index contributed by atoms with van der Waals surface area (Å²) in [6.07, 6.45) is 1.31. The van der Waals surface area contributed by atoms with Gasteiger partial charge < -0.3 is 0 Å². The summed E-state index contributed by atoms with van der Waals surface area (Å²) < 4.78 is 23.2. The van der Waals surface area contributed by atoms with Crippen LogP contribution in [0.4, 0.5) is 0 Å². The molecule has 1 aromatic rings. The van der Waals surface area contributed by atoms with Crippen molar-refractivity contribution in [3.63, 3.8) is 0 Å². The zero-order chi connectivity index (χ0) is 9.47. The first-order chi connectivity index (χ1) is 6.12. The van der Waals surface area contributed by atoms with Crippen LogP contribution in [0.1, 0.15) is 4.88 Å². The van der Waals surface area contributed by atoms with Gasteiger partial charge in [0.05, 0.1) is 11.1 Å². The SMILES string of the molecule is O=S1(=O)C(Br)=CN=C1c1cccs1. The van der Waals surface area contributed by atoms with E-state index in [1.807, 2.05) is 5.38 Å². The van der Waals surface area contributed by atoms with Crippen LogP contribution in [0.15, 0.2) is 32.5 Å². The van der Waals surface area contributed by atoms with Crippen molar-refractivity contribution in [3.8, 4) is 0 Å². The standard InChI is InChI=1S/C7H4BrNO2S2/c8-6-4-9-7(13(6,10)11)5-2-1-3-12-5/h1-4H. The van der Waals surface area contributed by atoms with Gasteiger partial charge in [-0.25, -0.2) is 13.4 Å². The highest BCUT2D eigenvalue weighted by molar-refractivity contribution is 9.14. The first-order valence-corrected chi connectivity index (χ1v) is 6.50. The van der Waals surface area contributed by atoms with Crippen molar-refractivity contribution in [2.24, 2.45) is 4.99 Å². The first kappa shape index (κ1) is 9.11. The smallest absolute Gasteiger partial charge is 0.233 e. The van der Waals surface area contributed by atoms with E-state index < -0.39 is 9.84 Å². The molecule has 0 fully saturated rings. The van der Waals surface area contributed by atoms with E-state index in [2.05, 4.69) is 20.9 Å². The minimum Gasteiger partial charge on any atom is -0.241 e. The summed E-state index contributed by atoms with van der Waals surface area (Å²) in [5.41, 5.74) is 0. The summed E-state index contributed by atoms with van der Waals surface area (Å²) in [4.78, 5) is 4.51.